The Balaban J connectivity index is 1.77. The van der Waals surface area contributed by atoms with Crippen molar-refractivity contribution < 1.29 is 17.2 Å². The predicted octanol–water partition coefficient (Wildman–Crippen LogP) is 4.21. The number of hydrogen-bond acceptors (Lipinski definition) is 5. The Morgan fingerprint density at radius 1 is 1.09 bits per heavy atom. The first-order chi connectivity index (χ1) is 15.3. The van der Waals surface area contributed by atoms with Crippen molar-refractivity contribution in [2.45, 2.75) is 32.5 Å². The summed E-state index contributed by atoms with van der Waals surface area (Å²) in [5.41, 5.74) is 1.29. The van der Waals surface area contributed by atoms with Crippen LogP contribution in [0.2, 0.25) is 0 Å². The highest BCUT2D eigenvalue weighted by Crippen LogP contribution is 2.25. The third-order valence-electron chi connectivity index (χ3n) is 5.58. The van der Waals surface area contributed by atoms with Crippen LogP contribution in [0.25, 0.3) is 17.1 Å². The molecular formula is C22H24F2N4O2S2. The highest BCUT2D eigenvalue weighted by molar-refractivity contribution is 7.91. The van der Waals surface area contributed by atoms with E-state index >= 15 is 0 Å². The smallest absolute Gasteiger partial charge is 0.204 e. The molecule has 1 saturated heterocycles. The van der Waals surface area contributed by atoms with Crippen LogP contribution >= 0.6 is 12.2 Å². The van der Waals surface area contributed by atoms with Crippen LogP contribution in [0.4, 0.5) is 8.78 Å². The number of nitrogens with zero attached hydrogens (tertiary/aromatic N) is 4. The SMILES string of the molecule is CCCN(Cn1nc(-c2ccc(F)cc2)n(-c2ccc(F)cc2)c1=S)C1CCS(=O)(=O)C1. The van der Waals surface area contributed by atoms with Crippen LogP contribution < -0.4 is 0 Å². The largest absolute Gasteiger partial charge is 0.280 e. The minimum absolute atomic E-state index is 0.0907. The second kappa shape index (κ2) is 9.21. The molecule has 10 heteroatoms. The lowest BCUT2D eigenvalue weighted by Crippen LogP contribution is -2.38. The summed E-state index contributed by atoms with van der Waals surface area (Å²) < 4.78 is 54.8. The molecule has 2 aromatic carbocycles. The molecule has 0 amide bonds. The lowest BCUT2D eigenvalue weighted by atomic mass is 10.2. The molecule has 1 aromatic heterocycles. The van der Waals surface area contributed by atoms with Crippen molar-refractivity contribution in [3.8, 4) is 17.1 Å². The molecule has 0 aliphatic carbocycles. The number of benzene rings is 2. The maximum atomic E-state index is 13.5. The normalized spacial score (nSPS) is 17.8. The summed E-state index contributed by atoms with van der Waals surface area (Å²) in [7, 11) is -3.03. The maximum Gasteiger partial charge on any atom is 0.204 e. The first-order valence-electron chi connectivity index (χ1n) is 10.4. The van der Waals surface area contributed by atoms with Crippen LogP contribution in [0, 0.1) is 16.4 Å². The molecule has 0 N–H and O–H groups in total. The summed E-state index contributed by atoms with van der Waals surface area (Å²) in [6.07, 6.45) is 1.44. The molecule has 170 valence electrons. The molecule has 1 aliphatic rings. The molecule has 32 heavy (non-hydrogen) atoms. The molecule has 1 fully saturated rings. The van der Waals surface area contributed by atoms with Gasteiger partial charge in [-0.15, -0.1) is 5.10 Å². The van der Waals surface area contributed by atoms with E-state index in [1.807, 2.05) is 6.92 Å². The van der Waals surface area contributed by atoms with E-state index in [2.05, 4.69) is 4.90 Å². The fraction of sp³-hybridized carbons (Fsp3) is 0.364. The van der Waals surface area contributed by atoms with Crippen molar-refractivity contribution >= 4 is 22.1 Å². The third-order valence-corrected chi connectivity index (χ3v) is 7.72. The van der Waals surface area contributed by atoms with Gasteiger partial charge >= 0.3 is 0 Å². The third kappa shape index (κ3) is 4.82. The molecule has 0 bridgehead atoms. The van der Waals surface area contributed by atoms with Gasteiger partial charge in [0.25, 0.3) is 0 Å². The molecule has 1 atom stereocenters. The van der Waals surface area contributed by atoms with Crippen molar-refractivity contribution in [1.29, 1.82) is 0 Å². The van der Waals surface area contributed by atoms with Crippen molar-refractivity contribution in [3.63, 3.8) is 0 Å². The van der Waals surface area contributed by atoms with E-state index in [-0.39, 0.29) is 29.2 Å². The van der Waals surface area contributed by atoms with Gasteiger partial charge in [0.1, 0.15) is 11.6 Å². The summed E-state index contributed by atoms with van der Waals surface area (Å²) in [4.78, 5) is 2.09. The average Bonchev–Trinajstić information content (AvgIpc) is 3.28. The minimum atomic E-state index is -3.03. The summed E-state index contributed by atoms with van der Waals surface area (Å²) >= 11 is 5.73. The van der Waals surface area contributed by atoms with Crippen molar-refractivity contribution in [2.24, 2.45) is 0 Å². The summed E-state index contributed by atoms with van der Waals surface area (Å²) in [5.74, 6) is 0.0825. The first kappa shape index (κ1) is 22.8. The Labute approximate surface area is 191 Å². The lowest BCUT2D eigenvalue weighted by Gasteiger charge is -2.27. The molecule has 0 spiro atoms. The van der Waals surface area contributed by atoms with Crippen LogP contribution in [0.15, 0.2) is 48.5 Å². The van der Waals surface area contributed by atoms with Gasteiger partial charge in [-0.25, -0.2) is 21.9 Å². The molecule has 1 unspecified atom stereocenters. The van der Waals surface area contributed by atoms with Gasteiger partial charge in [0.05, 0.1) is 23.9 Å². The predicted molar refractivity (Wildman–Crippen MR) is 122 cm³/mol. The Bertz CT molecular complexity index is 1250. The van der Waals surface area contributed by atoms with Crippen molar-refractivity contribution in [2.75, 3.05) is 18.1 Å². The Hall–Kier alpha value is -2.43. The Morgan fingerprint density at radius 2 is 1.72 bits per heavy atom. The fourth-order valence-electron chi connectivity index (χ4n) is 4.00. The quantitative estimate of drug-likeness (QED) is 0.476. The van der Waals surface area contributed by atoms with Gasteiger partial charge in [-0.1, -0.05) is 6.92 Å². The average molecular weight is 479 g/mol. The standard InChI is InChI=1S/C22H24F2N4O2S2/c1-2-12-26(20-11-13-32(29,30)14-20)15-27-22(31)28(19-9-7-18(24)8-10-19)21(25-27)16-3-5-17(23)6-4-16/h3-10,20H,2,11-15H2,1H3. The molecule has 2 heterocycles. The van der Waals surface area contributed by atoms with E-state index in [0.29, 0.717) is 41.5 Å². The Morgan fingerprint density at radius 3 is 2.28 bits per heavy atom. The van der Waals surface area contributed by atoms with Gasteiger partial charge in [-0.2, -0.15) is 0 Å². The molecule has 6 nitrogen and oxygen atoms in total. The van der Waals surface area contributed by atoms with Crippen LogP contribution in [0.1, 0.15) is 19.8 Å². The topological polar surface area (TPSA) is 60.1 Å². The monoisotopic (exact) mass is 478 g/mol. The fourth-order valence-corrected chi connectivity index (χ4v) is 6.05. The number of sulfone groups is 1. The number of halogens is 2. The van der Waals surface area contributed by atoms with Gasteiger partial charge < -0.3 is 0 Å². The van der Waals surface area contributed by atoms with Crippen LogP contribution in [0.3, 0.4) is 0 Å². The summed E-state index contributed by atoms with van der Waals surface area (Å²) in [5, 5.41) is 4.71. The van der Waals surface area contributed by atoms with Crippen molar-refractivity contribution in [3.05, 3.63) is 64.9 Å². The van der Waals surface area contributed by atoms with E-state index in [9.17, 15) is 17.2 Å². The highest BCUT2D eigenvalue weighted by atomic mass is 32.2. The van der Waals surface area contributed by atoms with E-state index in [1.165, 1.54) is 24.3 Å². The maximum absolute atomic E-state index is 13.5. The van der Waals surface area contributed by atoms with Crippen LogP contribution in [-0.2, 0) is 16.5 Å². The molecule has 0 radical (unpaired) electrons. The summed E-state index contributed by atoms with van der Waals surface area (Å²) in [6, 6.07) is 11.7. The van der Waals surface area contributed by atoms with E-state index in [4.69, 9.17) is 17.3 Å². The van der Waals surface area contributed by atoms with Gasteiger partial charge in [-0.3, -0.25) is 9.47 Å². The molecule has 1 aliphatic heterocycles. The second-order valence-electron chi connectivity index (χ2n) is 7.94. The van der Waals surface area contributed by atoms with E-state index in [0.717, 1.165) is 6.42 Å². The van der Waals surface area contributed by atoms with Crippen LogP contribution in [-0.4, -0.2) is 51.8 Å². The second-order valence-corrected chi connectivity index (χ2v) is 10.5. The van der Waals surface area contributed by atoms with E-state index < -0.39 is 9.84 Å². The van der Waals surface area contributed by atoms with Gasteiger partial charge in [0, 0.05) is 11.6 Å². The number of rotatable bonds is 7. The summed E-state index contributed by atoms with van der Waals surface area (Å²) in [6.45, 7) is 3.07. The highest BCUT2D eigenvalue weighted by Gasteiger charge is 2.32. The van der Waals surface area contributed by atoms with Crippen LogP contribution in [0.5, 0.6) is 0 Å². The lowest BCUT2D eigenvalue weighted by molar-refractivity contribution is 0.155. The van der Waals surface area contributed by atoms with Gasteiger partial charge in [0.15, 0.2) is 15.7 Å². The van der Waals surface area contributed by atoms with E-state index in [1.54, 1.807) is 33.5 Å². The zero-order chi connectivity index (χ0) is 22.9. The number of hydrogen-bond donors (Lipinski definition) is 0. The zero-order valence-corrected chi connectivity index (χ0v) is 19.2. The minimum Gasteiger partial charge on any atom is -0.280 e. The first-order valence-corrected chi connectivity index (χ1v) is 12.7. The molecular weight excluding hydrogens is 454 g/mol. The van der Waals surface area contributed by atoms with Gasteiger partial charge in [-0.05, 0) is 80.1 Å². The van der Waals surface area contributed by atoms with Gasteiger partial charge in [0.2, 0.25) is 4.77 Å². The Kier molecular flexibility index (Phi) is 6.55. The number of aromatic nitrogens is 3. The molecule has 0 saturated carbocycles. The van der Waals surface area contributed by atoms with Crippen molar-refractivity contribution in [1.82, 2.24) is 19.2 Å². The zero-order valence-electron chi connectivity index (χ0n) is 17.6. The molecule has 3 aromatic rings. The molecule has 4 rings (SSSR count).